The molecule has 0 aliphatic carbocycles. The van der Waals surface area contributed by atoms with Gasteiger partial charge in [-0.25, -0.2) is 4.79 Å². The van der Waals surface area contributed by atoms with Crippen LogP contribution in [0.5, 0.6) is 5.75 Å². The number of rotatable bonds is 4. The molecule has 1 aromatic carbocycles. The Morgan fingerprint density at radius 1 is 1.40 bits per heavy atom. The molecule has 0 bridgehead atoms. The molecule has 0 radical (unpaired) electrons. The normalized spacial score (nSPS) is 15.6. The van der Waals surface area contributed by atoms with Gasteiger partial charge in [0.1, 0.15) is 5.75 Å². The quantitative estimate of drug-likeness (QED) is 0.928. The smallest absolute Gasteiger partial charge is 0.317 e. The van der Waals surface area contributed by atoms with E-state index < -0.39 is 0 Å². The van der Waals surface area contributed by atoms with E-state index in [2.05, 4.69) is 5.32 Å². The number of hydrogen-bond donors (Lipinski definition) is 1. The summed E-state index contributed by atoms with van der Waals surface area (Å²) in [5, 5.41) is 2.99. The number of thioether (sulfide) groups is 1. The summed E-state index contributed by atoms with van der Waals surface area (Å²) in [5.74, 6) is 3.04. The Hall–Kier alpha value is -1.36. The van der Waals surface area contributed by atoms with E-state index in [4.69, 9.17) is 4.74 Å². The van der Waals surface area contributed by atoms with Gasteiger partial charge in [-0.2, -0.15) is 11.8 Å². The Balaban J connectivity index is 1.84. The van der Waals surface area contributed by atoms with Crippen LogP contribution in [0.15, 0.2) is 24.3 Å². The lowest BCUT2D eigenvalue weighted by Gasteiger charge is -2.20. The van der Waals surface area contributed by atoms with Crippen LogP contribution in [-0.4, -0.2) is 42.1 Å². The molecule has 20 heavy (non-hydrogen) atoms. The monoisotopic (exact) mass is 294 g/mol. The lowest BCUT2D eigenvalue weighted by molar-refractivity contribution is 0.201. The zero-order valence-corrected chi connectivity index (χ0v) is 12.7. The molecular weight excluding hydrogens is 272 g/mol. The SMILES string of the molecule is CCOc1cccc(CNC(=O)N2CCCSCC2)c1. The minimum atomic E-state index is 0.0364. The fourth-order valence-corrected chi connectivity index (χ4v) is 3.04. The van der Waals surface area contributed by atoms with Crippen LogP contribution in [-0.2, 0) is 6.54 Å². The van der Waals surface area contributed by atoms with Gasteiger partial charge in [0.2, 0.25) is 0 Å². The van der Waals surface area contributed by atoms with Crippen molar-refractivity contribution < 1.29 is 9.53 Å². The second-order valence-electron chi connectivity index (χ2n) is 4.69. The zero-order valence-electron chi connectivity index (χ0n) is 11.9. The van der Waals surface area contributed by atoms with Crippen molar-refractivity contribution in [1.82, 2.24) is 10.2 Å². The number of benzene rings is 1. The Morgan fingerprint density at radius 3 is 3.15 bits per heavy atom. The van der Waals surface area contributed by atoms with Crippen LogP contribution >= 0.6 is 11.8 Å². The minimum Gasteiger partial charge on any atom is -0.494 e. The number of nitrogens with zero attached hydrogens (tertiary/aromatic N) is 1. The van der Waals surface area contributed by atoms with Crippen molar-refractivity contribution in [1.29, 1.82) is 0 Å². The molecule has 1 heterocycles. The van der Waals surface area contributed by atoms with Gasteiger partial charge in [0.05, 0.1) is 6.61 Å². The molecule has 1 N–H and O–H groups in total. The van der Waals surface area contributed by atoms with Gasteiger partial charge in [0.15, 0.2) is 0 Å². The topological polar surface area (TPSA) is 41.6 Å². The average Bonchev–Trinajstić information content (AvgIpc) is 2.75. The van der Waals surface area contributed by atoms with Crippen LogP contribution in [0.1, 0.15) is 18.9 Å². The second-order valence-corrected chi connectivity index (χ2v) is 5.92. The van der Waals surface area contributed by atoms with Crippen molar-refractivity contribution >= 4 is 17.8 Å². The van der Waals surface area contributed by atoms with Crippen LogP contribution in [0.25, 0.3) is 0 Å². The first-order chi connectivity index (χ1) is 9.79. The third-order valence-electron chi connectivity index (χ3n) is 3.16. The molecule has 110 valence electrons. The van der Waals surface area contributed by atoms with Crippen LogP contribution in [0.4, 0.5) is 4.79 Å². The van der Waals surface area contributed by atoms with Gasteiger partial charge in [-0.15, -0.1) is 0 Å². The molecule has 0 saturated carbocycles. The maximum absolute atomic E-state index is 12.1. The maximum Gasteiger partial charge on any atom is 0.317 e. The van der Waals surface area contributed by atoms with Crippen LogP contribution in [0, 0.1) is 0 Å². The van der Waals surface area contributed by atoms with Crippen molar-refractivity contribution in [2.45, 2.75) is 19.9 Å². The van der Waals surface area contributed by atoms with Crippen molar-refractivity contribution in [2.24, 2.45) is 0 Å². The number of amides is 2. The van der Waals surface area contributed by atoms with Crippen LogP contribution in [0.3, 0.4) is 0 Å². The predicted molar refractivity (Wildman–Crippen MR) is 83.4 cm³/mol. The molecule has 1 aliphatic heterocycles. The molecule has 0 spiro atoms. The highest BCUT2D eigenvalue weighted by Crippen LogP contribution is 2.13. The summed E-state index contributed by atoms with van der Waals surface area (Å²) in [6, 6.07) is 7.90. The predicted octanol–water partition coefficient (Wildman–Crippen LogP) is 2.73. The van der Waals surface area contributed by atoms with Crippen LogP contribution in [0.2, 0.25) is 0 Å². The van der Waals surface area contributed by atoms with E-state index in [1.165, 1.54) is 0 Å². The summed E-state index contributed by atoms with van der Waals surface area (Å²) in [7, 11) is 0. The van der Waals surface area contributed by atoms with Gasteiger partial charge in [0, 0.05) is 25.4 Å². The number of nitrogens with one attached hydrogen (secondary N) is 1. The molecule has 5 heteroatoms. The van der Waals surface area contributed by atoms with Gasteiger partial charge < -0.3 is 15.0 Å². The first-order valence-electron chi connectivity index (χ1n) is 7.12. The van der Waals surface area contributed by atoms with Gasteiger partial charge >= 0.3 is 6.03 Å². The largest absolute Gasteiger partial charge is 0.494 e. The second kappa shape index (κ2) is 8.04. The van der Waals surface area contributed by atoms with E-state index >= 15 is 0 Å². The lowest BCUT2D eigenvalue weighted by atomic mass is 10.2. The Morgan fingerprint density at radius 2 is 2.30 bits per heavy atom. The molecule has 0 unspecified atom stereocenters. The third kappa shape index (κ3) is 4.63. The number of carbonyl (C=O) groups excluding carboxylic acids is 1. The molecule has 1 saturated heterocycles. The molecule has 1 aliphatic rings. The van der Waals surface area contributed by atoms with E-state index in [9.17, 15) is 4.79 Å². The maximum atomic E-state index is 12.1. The van der Waals surface area contributed by atoms with Crippen molar-refractivity contribution in [3.63, 3.8) is 0 Å². The van der Waals surface area contributed by atoms with Crippen molar-refractivity contribution in [3.05, 3.63) is 29.8 Å². The summed E-state index contributed by atoms with van der Waals surface area (Å²) in [4.78, 5) is 14.0. The first kappa shape index (κ1) is 15.0. The highest BCUT2D eigenvalue weighted by molar-refractivity contribution is 7.99. The molecule has 0 aromatic heterocycles. The van der Waals surface area contributed by atoms with Gasteiger partial charge in [-0.05, 0) is 36.8 Å². The highest BCUT2D eigenvalue weighted by atomic mass is 32.2. The summed E-state index contributed by atoms with van der Waals surface area (Å²) in [6.45, 7) is 4.86. The number of urea groups is 1. The first-order valence-corrected chi connectivity index (χ1v) is 8.27. The molecule has 1 aromatic rings. The van der Waals surface area contributed by atoms with Gasteiger partial charge in [-0.1, -0.05) is 12.1 Å². The average molecular weight is 294 g/mol. The number of hydrogen-bond acceptors (Lipinski definition) is 3. The molecule has 1 fully saturated rings. The van der Waals surface area contributed by atoms with Crippen LogP contribution < -0.4 is 10.1 Å². The van der Waals surface area contributed by atoms with Crippen molar-refractivity contribution in [2.75, 3.05) is 31.2 Å². The molecule has 4 nitrogen and oxygen atoms in total. The van der Waals surface area contributed by atoms with Gasteiger partial charge in [-0.3, -0.25) is 0 Å². The summed E-state index contributed by atoms with van der Waals surface area (Å²) in [6.07, 6.45) is 1.08. The summed E-state index contributed by atoms with van der Waals surface area (Å²) in [5.41, 5.74) is 1.06. The molecule has 2 amide bonds. The van der Waals surface area contributed by atoms with E-state index in [0.29, 0.717) is 13.2 Å². The van der Waals surface area contributed by atoms with E-state index in [1.807, 2.05) is 47.9 Å². The minimum absolute atomic E-state index is 0.0364. The highest BCUT2D eigenvalue weighted by Gasteiger charge is 2.14. The molecule has 2 rings (SSSR count). The fourth-order valence-electron chi connectivity index (χ4n) is 2.15. The Kier molecular flexibility index (Phi) is 6.05. The number of carbonyl (C=O) groups is 1. The Labute approximate surface area is 124 Å². The zero-order chi connectivity index (χ0) is 14.2. The number of ether oxygens (including phenoxy) is 1. The fraction of sp³-hybridized carbons (Fsp3) is 0.533. The van der Waals surface area contributed by atoms with Crippen molar-refractivity contribution in [3.8, 4) is 5.75 Å². The Bertz CT molecular complexity index is 432. The molecular formula is C15H22N2O2S. The third-order valence-corrected chi connectivity index (χ3v) is 4.21. The van der Waals surface area contributed by atoms with E-state index in [-0.39, 0.29) is 6.03 Å². The lowest BCUT2D eigenvalue weighted by Crippen LogP contribution is -2.40. The van der Waals surface area contributed by atoms with E-state index in [0.717, 1.165) is 42.3 Å². The molecule has 0 atom stereocenters. The van der Waals surface area contributed by atoms with Gasteiger partial charge in [0.25, 0.3) is 0 Å². The summed E-state index contributed by atoms with van der Waals surface area (Å²) >= 11 is 1.92. The summed E-state index contributed by atoms with van der Waals surface area (Å²) < 4.78 is 5.46. The van der Waals surface area contributed by atoms with E-state index in [1.54, 1.807) is 0 Å². The standard InChI is InChI=1S/C15H22N2O2S/c1-2-19-14-6-3-5-13(11-14)12-16-15(18)17-7-4-9-20-10-8-17/h3,5-6,11H,2,4,7-10,12H2,1H3,(H,16,18).